The molecular formula is C12H16N2O4S. The van der Waals surface area contributed by atoms with Crippen LogP contribution in [0.5, 0.6) is 0 Å². The van der Waals surface area contributed by atoms with Crippen LogP contribution in [0.3, 0.4) is 0 Å². The minimum atomic E-state index is -3.89. The van der Waals surface area contributed by atoms with E-state index in [2.05, 4.69) is 0 Å². The Bertz CT molecular complexity index is 600. The molecule has 1 aliphatic rings. The second-order valence-corrected chi connectivity index (χ2v) is 6.69. The smallest absolute Gasteiger partial charge is 0.323 e. The third-order valence-corrected chi connectivity index (χ3v) is 5.39. The number of rotatable bonds is 3. The van der Waals surface area contributed by atoms with Crippen molar-refractivity contribution in [1.82, 2.24) is 0 Å². The first kappa shape index (κ1) is 13.7. The molecule has 1 N–H and O–H groups in total. The predicted octanol–water partition coefficient (Wildman–Crippen LogP) is 0.746. The Morgan fingerprint density at radius 2 is 1.84 bits per heavy atom. The molecule has 7 heteroatoms. The van der Waals surface area contributed by atoms with Crippen molar-refractivity contribution >= 4 is 27.4 Å². The molecule has 1 aromatic rings. The zero-order valence-electron chi connectivity index (χ0n) is 10.8. The fourth-order valence-corrected chi connectivity index (χ4v) is 3.46. The highest BCUT2D eigenvalue weighted by molar-refractivity contribution is 7.94. The molecule has 2 rings (SSSR count). The number of anilines is 2. The van der Waals surface area contributed by atoms with Crippen LogP contribution >= 0.6 is 0 Å². The second kappa shape index (κ2) is 4.73. The molecule has 6 nitrogen and oxygen atoms in total. The molecule has 1 unspecified atom stereocenters. The Morgan fingerprint density at radius 1 is 1.26 bits per heavy atom. The molecule has 0 aliphatic carbocycles. The lowest BCUT2D eigenvalue weighted by Crippen LogP contribution is -2.47. The van der Waals surface area contributed by atoms with Gasteiger partial charge in [0.05, 0.1) is 17.9 Å². The fourth-order valence-electron chi connectivity index (χ4n) is 2.06. The lowest BCUT2D eigenvalue weighted by Gasteiger charge is -2.36. The molecule has 0 bridgehead atoms. The normalized spacial score (nSPS) is 16.9. The topological polar surface area (TPSA) is 77.9 Å². The van der Waals surface area contributed by atoms with Crippen LogP contribution in [-0.2, 0) is 14.8 Å². The molecule has 1 heterocycles. The summed E-state index contributed by atoms with van der Waals surface area (Å²) in [5, 5.41) is 7.48. The van der Waals surface area contributed by atoms with Gasteiger partial charge in [0.25, 0.3) is 0 Å². The number of carboxylic acids is 1. The van der Waals surface area contributed by atoms with Crippen LogP contribution in [0.25, 0.3) is 0 Å². The molecule has 0 saturated heterocycles. The number of nitrogens with zero attached hydrogens (tertiary/aromatic N) is 2. The van der Waals surface area contributed by atoms with Crippen molar-refractivity contribution in [2.75, 3.05) is 29.3 Å². The van der Waals surface area contributed by atoms with Gasteiger partial charge in [-0.3, -0.25) is 9.10 Å². The van der Waals surface area contributed by atoms with Gasteiger partial charge in [0.2, 0.25) is 10.0 Å². The molecule has 104 valence electrons. The maximum absolute atomic E-state index is 12.3. The van der Waals surface area contributed by atoms with E-state index in [1.165, 1.54) is 11.2 Å². The van der Waals surface area contributed by atoms with Crippen LogP contribution in [0.15, 0.2) is 24.3 Å². The van der Waals surface area contributed by atoms with Gasteiger partial charge in [-0.05, 0) is 19.1 Å². The average molecular weight is 284 g/mol. The van der Waals surface area contributed by atoms with E-state index in [1.807, 2.05) is 24.1 Å². The maximum atomic E-state index is 12.3. The van der Waals surface area contributed by atoms with Gasteiger partial charge in [-0.1, -0.05) is 12.1 Å². The van der Waals surface area contributed by atoms with E-state index >= 15 is 0 Å². The summed E-state index contributed by atoms with van der Waals surface area (Å²) < 4.78 is 25.8. The van der Waals surface area contributed by atoms with E-state index in [-0.39, 0.29) is 6.54 Å². The van der Waals surface area contributed by atoms with Gasteiger partial charge in [-0.25, -0.2) is 8.42 Å². The number of carbonyl (C=O) groups is 1. The van der Waals surface area contributed by atoms with E-state index in [9.17, 15) is 13.2 Å². The van der Waals surface area contributed by atoms with E-state index < -0.39 is 21.2 Å². The van der Waals surface area contributed by atoms with Crippen molar-refractivity contribution in [3.8, 4) is 0 Å². The number of sulfonamides is 1. The van der Waals surface area contributed by atoms with E-state index in [0.717, 1.165) is 5.69 Å². The van der Waals surface area contributed by atoms with Gasteiger partial charge < -0.3 is 10.0 Å². The second-order valence-electron chi connectivity index (χ2n) is 4.51. The first-order valence-electron chi connectivity index (χ1n) is 5.90. The quantitative estimate of drug-likeness (QED) is 0.886. The van der Waals surface area contributed by atoms with Gasteiger partial charge in [0, 0.05) is 13.6 Å². The Balaban J connectivity index is 2.49. The standard InChI is InChI=1S/C12H16N2O4S/c1-9(12(15)16)19(17,18)14-8-7-13(2)10-5-3-4-6-11(10)14/h3-6,9H,7-8H2,1-2H3,(H,15,16). The Labute approximate surface area is 112 Å². The summed E-state index contributed by atoms with van der Waals surface area (Å²) in [4.78, 5) is 12.9. The van der Waals surface area contributed by atoms with Gasteiger partial charge in [-0.15, -0.1) is 0 Å². The molecule has 0 spiro atoms. The minimum Gasteiger partial charge on any atom is -0.480 e. The van der Waals surface area contributed by atoms with Crippen LogP contribution in [0, 0.1) is 0 Å². The molecule has 0 radical (unpaired) electrons. The van der Waals surface area contributed by atoms with Gasteiger partial charge in [0.15, 0.2) is 5.25 Å². The summed E-state index contributed by atoms with van der Waals surface area (Å²) >= 11 is 0. The van der Waals surface area contributed by atoms with Crippen molar-refractivity contribution in [1.29, 1.82) is 0 Å². The van der Waals surface area contributed by atoms with Crippen LogP contribution in [0.2, 0.25) is 0 Å². The summed E-state index contributed by atoms with van der Waals surface area (Å²) in [5.74, 6) is -1.34. The van der Waals surface area contributed by atoms with Crippen molar-refractivity contribution in [3.63, 3.8) is 0 Å². The number of fused-ring (bicyclic) bond motifs is 1. The van der Waals surface area contributed by atoms with E-state index in [1.54, 1.807) is 12.1 Å². The van der Waals surface area contributed by atoms with Crippen LogP contribution in [0.4, 0.5) is 11.4 Å². The number of hydrogen-bond acceptors (Lipinski definition) is 4. The van der Waals surface area contributed by atoms with Crippen LogP contribution in [-0.4, -0.2) is 44.9 Å². The average Bonchev–Trinajstić information content (AvgIpc) is 2.38. The van der Waals surface area contributed by atoms with Crippen molar-refractivity contribution < 1.29 is 18.3 Å². The number of hydrogen-bond donors (Lipinski definition) is 1. The third kappa shape index (κ3) is 2.25. The molecule has 0 fully saturated rings. The minimum absolute atomic E-state index is 0.257. The fraction of sp³-hybridized carbons (Fsp3) is 0.417. The Morgan fingerprint density at radius 3 is 2.42 bits per heavy atom. The maximum Gasteiger partial charge on any atom is 0.323 e. The lowest BCUT2D eigenvalue weighted by atomic mass is 10.2. The van der Waals surface area contributed by atoms with E-state index in [4.69, 9.17) is 5.11 Å². The van der Waals surface area contributed by atoms with Gasteiger partial charge in [0.1, 0.15) is 0 Å². The molecule has 1 aromatic carbocycles. The number of para-hydroxylation sites is 2. The summed E-state index contributed by atoms with van der Waals surface area (Å²) in [6.07, 6.45) is 0. The van der Waals surface area contributed by atoms with Crippen LogP contribution < -0.4 is 9.21 Å². The highest BCUT2D eigenvalue weighted by Crippen LogP contribution is 2.34. The number of benzene rings is 1. The number of carboxylic acid groups (broad SMARTS) is 1. The van der Waals surface area contributed by atoms with Crippen molar-refractivity contribution in [2.24, 2.45) is 0 Å². The summed E-state index contributed by atoms with van der Waals surface area (Å²) in [5.41, 5.74) is 1.32. The number of likely N-dealkylation sites (N-methyl/N-ethyl adjacent to an activating group) is 1. The third-order valence-electron chi connectivity index (χ3n) is 3.30. The molecule has 19 heavy (non-hydrogen) atoms. The van der Waals surface area contributed by atoms with Crippen LogP contribution in [0.1, 0.15) is 6.92 Å². The van der Waals surface area contributed by atoms with Crippen molar-refractivity contribution in [3.05, 3.63) is 24.3 Å². The lowest BCUT2D eigenvalue weighted by molar-refractivity contribution is -0.136. The molecule has 0 saturated carbocycles. The molecule has 0 amide bonds. The van der Waals surface area contributed by atoms with Gasteiger partial charge >= 0.3 is 5.97 Å². The molecular weight excluding hydrogens is 268 g/mol. The SMILES string of the molecule is CC(C(=O)O)S(=O)(=O)N1CCN(C)c2ccccc21. The summed E-state index contributed by atoms with van der Waals surface area (Å²) in [7, 11) is -2.01. The zero-order chi connectivity index (χ0) is 14.2. The molecule has 0 aromatic heterocycles. The highest BCUT2D eigenvalue weighted by Gasteiger charge is 2.36. The Hall–Kier alpha value is -1.76. The van der Waals surface area contributed by atoms with Gasteiger partial charge in [-0.2, -0.15) is 0 Å². The molecule has 1 aliphatic heterocycles. The highest BCUT2D eigenvalue weighted by atomic mass is 32.2. The zero-order valence-corrected chi connectivity index (χ0v) is 11.6. The Kier molecular flexibility index (Phi) is 3.40. The van der Waals surface area contributed by atoms with E-state index in [0.29, 0.717) is 12.2 Å². The monoisotopic (exact) mass is 284 g/mol. The number of aliphatic carboxylic acids is 1. The molecule has 1 atom stereocenters. The first-order chi connectivity index (χ1) is 8.85. The predicted molar refractivity (Wildman–Crippen MR) is 73.1 cm³/mol. The summed E-state index contributed by atoms with van der Waals surface area (Å²) in [6, 6.07) is 7.08. The largest absolute Gasteiger partial charge is 0.480 e. The first-order valence-corrected chi connectivity index (χ1v) is 7.40. The van der Waals surface area contributed by atoms with Crippen molar-refractivity contribution in [2.45, 2.75) is 12.2 Å². The summed E-state index contributed by atoms with van der Waals surface area (Å²) in [6.45, 7) is 1.98.